The Hall–Kier alpha value is -4.64. The van der Waals surface area contributed by atoms with Crippen LogP contribution in [-0.2, 0) is 29.2 Å². The van der Waals surface area contributed by atoms with Crippen LogP contribution in [0.5, 0.6) is 0 Å². The smallest absolute Gasteiger partial charge is 0.271 e. The van der Waals surface area contributed by atoms with Crippen LogP contribution in [-0.4, -0.2) is 36.6 Å². The number of fused-ring (bicyclic) bond motifs is 1. The number of benzene rings is 4. The number of halogens is 2. The number of imidazole rings is 1. The number of hydrogen-bond donors (Lipinski definition) is 2. The number of aromatic nitrogens is 4. The van der Waals surface area contributed by atoms with Crippen LogP contribution in [0.15, 0.2) is 110 Å². The molecule has 9 nitrogen and oxygen atoms in total. The summed E-state index contributed by atoms with van der Waals surface area (Å²) in [5.74, 6) is -0.283. The molecule has 3 heterocycles. The van der Waals surface area contributed by atoms with Crippen molar-refractivity contribution < 1.29 is 19.4 Å². The van der Waals surface area contributed by atoms with Crippen molar-refractivity contribution in [3.05, 3.63) is 148 Å². The van der Waals surface area contributed by atoms with Crippen molar-refractivity contribution in [3.63, 3.8) is 0 Å². The van der Waals surface area contributed by atoms with Crippen molar-refractivity contribution in [2.24, 2.45) is 0 Å². The van der Waals surface area contributed by atoms with Gasteiger partial charge in [-0.2, -0.15) is 0 Å². The molecule has 6 aromatic rings. The maximum absolute atomic E-state index is 12.8. The lowest BCUT2D eigenvalue weighted by Gasteiger charge is -2.36. The van der Waals surface area contributed by atoms with Gasteiger partial charge in [-0.3, -0.25) is 9.78 Å². The zero-order valence-electron chi connectivity index (χ0n) is 25.7. The second kappa shape index (κ2) is 14.2. The lowest BCUT2D eigenvalue weighted by atomic mass is 9.99. The first-order chi connectivity index (χ1) is 23.4. The van der Waals surface area contributed by atoms with E-state index >= 15 is 0 Å². The maximum Gasteiger partial charge on any atom is 0.271 e. The number of carbonyl (C=O) groups excluding carboxylic acids is 1. The van der Waals surface area contributed by atoms with E-state index in [-0.39, 0.29) is 35.6 Å². The first-order valence-corrected chi connectivity index (χ1v) is 16.2. The Morgan fingerprint density at radius 1 is 0.854 bits per heavy atom. The number of rotatable bonds is 9. The topological polar surface area (TPSA) is 111 Å². The van der Waals surface area contributed by atoms with E-state index < -0.39 is 6.29 Å². The first kappa shape index (κ1) is 31.9. The summed E-state index contributed by atoms with van der Waals surface area (Å²) < 4.78 is 14.7. The molecular weight excluding hydrogens is 649 g/mol. The Morgan fingerprint density at radius 2 is 1.62 bits per heavy atom. The highest BCUT2D eigenvalue weighted by Crippen LogP contribution is 2.39. The molecule has 0 spiro atoms. The van der Waals surface area contributed by atoms with Gasteiger partial charge in [0.15, 0.2) is 11.4 Å². The molecule has 1 aliphatic rings. The van der Waals surface area contributed by atoms with Crippen molar-refractivity contribution in [2.45, 2.75) is 44.6 Å². The van der Waals surface area contributed by atoms with Gasteiger partial charge in [0.25, 0.3) is 5.91 Å². The lowest BCUT2D eigenvalue weighted by Crippen LogP contribution is -2.32. The fourth-order valence-electron chi connectivity index (χ4n) is 5.76. The van der Waals surface area contributed by atoms with Gasteiger partial charge in [-0.1, -0.05) is 102 Å². The number of carbonyl (C=O) groups is 1. The minimum absolute atomic E-state index is 0.0234. The Morgan fingerprint density at radius 3 is 2.38 bits per heavy atom. The molecule has 0 bridgehead atoms. The van der Waals surface area contributed by atoms with Gasteiger partial charge in [-0.15, -0.1) is 0 Å². The molecule has 4 aromatic carbocycles. The molecule has 48 heavy (non-hydrogen) atoms. The van der Waals surface area contributed by atoms with Crippen molar-refractivity contribution in [3.8, 4) is 11.1 Å². The molecular formula is C37H31Cl2N5O4. The molecule has 242 valence electrons. The van der Waals surface area contributed by atoms with E-state index in [0.29, 0.717) is 30.2 Å². The Bertz CT molecular complexity index is 2050. The van der Waals surface area contributed by atoms with Crippen LogP contribution in [0, 0.1) is 0 Å². The van der Waals surface area contributed by atoms with Crippen molar-refractivity contribution in [1.29, 1.82) is 0 Å². The lowest BCUT2D eigenvalue weighted by molar-refractivity contribution is -0.252. The van der Waals surface area contributed by atoms with Crippen LogP contribution in [0.3, 0.4) is 0 Å². The number of nitrogens with zero attached hydrogens (tertiary/aromatic N) is 4. The molecule has 1 fully saturated rings. The third-order valence-electron chi connectivity index (χ3n) is 8.33. The van der Waals surface area contributed by atoms with Gasteiger partial charge in [0.2, 0.25) is 0 Å². The number of nitrogens with one attached hydrogen (secondary N) is 1. The molecule has 0 radical (unpaired) electrons. The summed E-state index contributed by atoms with van der Waals surface area (Å²) in [7, 11) is 0. The summed E-state index contributed by atoms with van der Waals surface area (Å²) >= 11 is 12.5. The van der Waals surface area contributed by atoms with Gasteiger partial charge in [0.1, 0.15) is 10.8 Å². The highest BCUT2D eigenvalue weighted by atomic mass is 35.5. The summed E-state index contributed by atoms with van der Waals surface area (Å²) in [5, 5.41) is 13.1. The molecule has 1 amide bonds. The number of aliphatic hydroxyl groups excluding tert-OH is 1. The molecule has 0 aliphatic carbocycles. The third-order valence-corrected chi connectivity index (χ3v) is 9.10. The largest absolute Gasteiger partial charge is 0.392 e. The minimum Gasteiger partial charge on any atom is -0.392 e. The molecule has 7 rings (SSSR count). The van der Waals surface area contributed by atoms with Crippen LogP contribution in [0.2, 0.25) is 10.3 Å². The standard InChI is InChI=1S/C37H31Cl2N5O4/c38-34-35(39)44(22-42-34)20-29-17-33(26-10-8-23(21-45)9-11-26)48-37(47-29)27-14-12-25(13-15-27)28-5-3-4-24(16-28)18-41-36(46)32-19-40-30-6-1-2-7-31(30)43-32/h1-16,19,22,29,33,37,45H,17-18,20-21H2,(H,41,46)/t29-,33+,37+/m0/s1. The van der Waals surface area contributed by atoms with Crippen LogP contribution in [0.25, 0.3) is 22.2 Å². The van der Waals surface area contributed by atoms with Crippen LogP contribution in [0.1, 0.15) is 51.6 Å². The van der Waals surface area contributed by atoms with Gasteiger partial charge in [-0.25, -0.2) is 9.97 Å². The number of aliphatic hydroxyl groups is 1. The molecule has 3 atom stereocenters. The predicted molar refractivity (Wildman–Crippen MR) is 183 cm³/mol. The second-order valence-corrected chi connectivity index (χ2v) is 12.3. The van der Waals surface area contributed by atoms with E-state index in [9.17, 15) is 9.90 Å². The third kappa shape index (κ3) is 7.11. The number of hydrogen-bond acceptors (Lipinski definition) is 7. The zero-order valence-corrected chi connectivity index (χ0v) is 27.2. The second-order valence-electron chi connectivity index (χ2n) is 11.6. The van der Waals surface area contributed by atoms with Crippen LogP contribution < -0.4 is 5.32 Å². The first-order valence-electron chi connectivity index (χ1n) is 15.5. The van der Waals surface area contributed by atoms with Crippen LogP contribution in [0.4, 0.5) is 0 Å². The summed E-state index contributed by atoms with van der Waals surface area (Å²) in [5.41, 5.74) is 7.36. The molecule has 0 unspecified atom stereocenters. The summed E-state index contributed by atoms with van der Waals surface area (Å²) in [6, 6.07) is 31.3. The van der Waals surface area contributed by atoms with Gasteiger partial charge in [0, 0.05) is 18.5 Å². The maximum atomic E-state index is 12.8. The number of ether oxygens (including phenoxy) is 2. The average Bonchev–Trinajstić information content (AvgIpc) is 3.45. The van der Waals surface area contributed by atoms with E-state index in [4.69, 9.17) is 32.7 Å². The van der Waals surface area contributed by atoms with E-state index in [2.05, 4.69) is 26.3 Å². The van der Waals surface area contributed by atoms with Gasteiger partial charge in [0.05, 0.1) is 48.9 Å². The minimum atomic E-state index is -0.627. The van der Waals surface area contributed by atoms with E-state index in [0.717, 1.165) is 38.9 Å². The highest BCUT2D eigenvalue weighted by Gasteiger charge is 2.33. The molecule has 0 saturated carbocycles. The highest BCUT2D eigenvalue weighted by molar-refractivity contribution is 6.40. The molecule has 11 heteroatoms. The van der Waals surface area contributed by atoms with Gasteiger partial charge < -0.3 is 24.5 Å². The van der Waals surface area contributed by atoms with Crippen molar-refractivity contribution >= 4 is 40.1 Å². The normalized spacial score (nSPS) is 17.8. The van der Waals surface area contributed by atoms with Gasteiger partial charge >= 0.3 is 0 Å². The number of para-hydroxylation sites is 2. The Kier molecular flexibility index (Phi) is 9.47. The molecule has 2 aromatic heterocycles. The predicted octanol–water partition coefficient (Wildman–Crippen LogP) is 7.47. The average molecular weight is 681 g/mol. The fourth-order valence-corrected chi connectivity index (χ4v) is 6.07. The SMILES string of the molecule is O=C(NCc1cccc(-c2ccc([C@@H]3O[C@H](Cn4cnc(Cl)c4Cl)C[C@H](c4ccc(CO)cc4)O3)cc2)c1)c1cnc2ccccc2n1. The monoisotopic (exact) mass is 679 g/mol. The van der Waals surface area contributed by atoms with Gasteiger partial charge in [-0.05, 0) is 46.0 Å². The summed E-state index contributed by atoms with van der Waals surface area (Å²) in [6.45, 7) is 0.778. The molecule has 2 N–H and O–H groups in total. The Balaban J connectivity index is 1.05. The summed E-state index contributed by atoms with van der Waals surface area (Å²) in [6.07, 6.45) is 2.59. The van der Waals surface area contributed by atoms with E-state index in [1.54, 1.807) is 10.9 Å². The van der Waals surface area contributed by atoms with E-state index in [1.807, 2.05) is 91.0 Å². The van der Waals surface area contributed by atoms with Crippen molar-refractivity contribution in [1.82, 2.24) is 24.8 Å². The fraction of sp³-hybridized carbons (Fsp3) is 0.189. The van der Waals surface area contributed by atoms with Crippen molar-refractivity contribution in [2.75, 3.05) is 0 Å². The van der Waals surface area contributed by atoms with E-state index in [1.165, 1.54) is 6.20 Å². The quantitative estimate of drug-likeness (QED) is 0.163. The molecule has 1 saturated heterocycles. The zero-order chi connectivity index (χ0) is 33.0. The van der Waals surface area contributed by atoms with Crippen LogP contribution >= 0.6 is 23.2 Å². The Labute approximate surface area is 287 Å². The summed E-state index contributed by atoms with van der Waals surface area (Å²) in [4.78, 5) is 25.7. The number of amides is 1. The molecule has 1 aliphatic heterocycles.